The lowest BCUT2D eigenvalue weighted by Gasteiger charge is -2.17. The molecule has 0 radical (unpaired) electrons. The van der Waals surface area contributed by atoms with Crippen LogP contribution in [0, 0.1) is 17.5 Å². The molecule has 0 fully saturated rings. The molecule has 1 unspecified atom stereocenters. The first-order chi connectivity index (χ1) is 9.38. The van der Waals surface area contributed by atoms with Gasteiger partial charge in [-0.3, -0.25) is 0 Å². The maximum Gasteiger partial charge on any atom is 0.147 e. The van der Waals surface area contributed by atoms with Crippen LogP contribution >= 0.6 is 27.5 Å². The van der Waals surface area contributed by atoms with Crippen molar-refractivity contribution in [3.05, 3.63) is 62.8 Å². The Morgan fingerprint density at radius 2 is 1.75 bits per heavy atom. The summed E-state index contributed by atoms with van der Waals surface area (Å²) in [7, 11) is 0. The fourth-order valence-electron chi connectivity index (χ4n) is 1.73. The predicted octanol–water partition coefficient (Wildman–Crippen LogP) is 5.69. The number of halogens is 5. The summed E-state index contributed by atoms with van der Waals surface area (Å²) in [4.78, 5) is 0. The Bertz CT molecular complexity index is 649. The second kappa shape index (κ2) is 6.06. The maximum absolute atomic E-state index is 13.7. The van der Waals surface area contributed by atoms with Gasteiger partial charge in [0.2, 0.25) is 0 Å². The van der Waals surface area contributed by atoms with Crippen molar-refractivity contribution >= 4 is 33.2 Å². The van der Waals surface area contributed by atoms with Crippen molar-refractivity contribution in [2.45, 2.75) is 13.0 Å². The number of rotatable bonds is 3. The molecule has 1 atom stereocenters. The maximum atomic E-state index is 13.7. The van der Waals surface area contributed by atoms with E-state index in [-0.39, 0.29) is 21.2 Å². The minimum atomic E-state index is -0.585. The van der Waals surface area contributed by atoms with Gasteiger partial charge in [0.15, 0.2) is 0 Å². The number of hydrogen-bond acceptors (Lipinski definition) is 1. The van der Waals surface area contributed by atoms with Crippen molar-refractivity contribution in [2.24, 2.45) is 0 Å². The van der Waals surface area contributed by atoms with Crippen LogP contribution in [0.2, 0.25) is 5.02 Å². The smallest absolute Gasteiger partial charge is 0.147 e. The molecule has 0 aliphatic carbocycles. The van der Waals surface area contributed by atoms with E-state index in [1.165, 1.54) is 18.2 Å². The van der Waals surface area contributed by atoms with Crippen LogP contribution in [0.1, 0.15) is 18.5 Å². The number of anilines is 1. The van der Waals surface area contributed by atoms with E-state index in [0.717, 1.165) is 12.1 Å². The molecular formula is C14H10BrClF3N. The van der Waals surface area contributed by atoms with E-state index >= 15 is 0 Å². The molecule has 2 aromatic carbocycles. The molecular weight excluding hydrogens is 355 g/mol. The lowest BCUT2D eigenvalue weighted by atomic mass is 10.1. The first-order valence-electron chi connectivity index (χ1n) is 5.74. The fraction of sp³-hybridized carbons (Fsp3) is 0.143. The van der Waals surface area contributed by atoms with Crippen LogP contribution in [0.15, 0.2) is 34.8 Å². The molecule has 0 heterocycles. The van der Waals surface area contributed by atoms with Crippen molar-refractivity contribution in [1.29, 1.82) is 0 Å². The minimum Gasteiger partial charge on any atom is -0.376 e. The highest BCUT2D eigenvalue weighted by Crippen LogP contribution is 2.28. The fourth-order valence-corrected chi connectivity index (χ4v) is 2.24. The van der Waals surface area contributed by atoms with E-state index in [2.05, 4.69) is 21.2 Å². The standard InChI is InChI=1S/C14H10BrClF3N/c1-7(8-2-3-11(17)10(16)4-8)20-14-6-12(18)9(15)5-13(14)19/h2-7,20H,1H3. The van der Waals surface area contributed by atoms with Crippen molar-refractivity contribution < 1.29 is 13.2 Å². The van der Waals surface area contributed by atoms with Crippen molar-refractivity contribution in [3.8, 4) is 0 Å². The van der Waals surface area contributed by atoms with Crippen LogP contribution in [0.25, 0.3) is 0 Å². The molecule has 2 aromatic rings. The van der Waals surface area contributed by atoms with Gasteiger partial charge < -0.3 is 5.32 Å². The second-order valence-electron chi connectivity index (χ2n) is 4.29. The summed E-state index contributed by atoms with van der Waals surface area (Å²) in [5, 5.41) is 2.81. The van der Waals surface area contributed by atoms with Crippen LogP contribution in [-0.2, 0) is 0 Å². The van der Waals surface area contributed by atoms with Gasteiger partial charge in [-0.1, -0.05) is 17.7 Å². The van der Waals surface area contributed by atoms with Crippen LogP contribution < -0.4 is 5.32 Å². The lowest BCUT2D eigenvalue weighted by molar-refractivity contribution is 0.595. The quantitative estimate of drug-likeness (QED) is 0.690. The lowest BCUT2D eigenvalue weighted by Crippen LogP contribution is -2.08. The van der Waals surface area contributed by atoms with Crippen molar-refractivity contribution in [1.82, 2.24) is 0 Å². The number of nitrogens with one attached hydrogen (secondary N) is 1. The second-order valence-corrected chi connectivity index (χ2v) is 5.55. The summed E-state index contributed by atoms with van der Waals surface area (Å²) in [5.41, 5.74) is 0.692. The van der Waals surface area contributed by atoms with E-state index in [9.17, 15) is 13.2 Å². The summed E-state index contributed by atoms with van der Waals surface area (Å²) in [6, 6.07) is 5.95. The third-order valence-corrected chi connectivity index (χ3v) is 3.72. The molecule has 0 bridgehead atoms. The average Bonchev–Trinajstić information content (AvgIpc) is 2.39. The van der Waals surface area contributed by atoms with Crippen molar-refractivity contribution in [2.75, 3.05) is 5.32 Å². The van der Waals surface area contributed by atoms with Gasteiger partial charge in [-0.25, -0.2) is 13.2 Å². The van der Waals surface area contributed by atoms with Gasteiger partial charge in [0.25, 0.3) is 0 Å². The SMILES string of the molecule is CC(Nc1cc(F)c(Br)cc1F)c1ccc(F)c(Cl)c1. The van der Waals surface area contributed by atoms with Gasteiger partial charge in [0.05, 0.1) is 15.2 Å². The third kappa shape index (κ3) is 3.27. The number of hydrogen-bond donors (Lipinski definition) is 1. The topological polar surface area (TPSA) is 12.0 Å². The highest BCUT2D eigenvalue weighted by Gasteiger charge is 2.13. The molecule has 20 heavy (non-hydrogen) atoms. The highest BCUT2D eigenvalue weighted by atomic mass is 79.9. The molecule has 2 rings (SSSR count). The van der Waals surface area contributed by atoms with E-state index in [1.54, 1.807) is 6.92 Å². The normalized spacial score (nSPS) is 12.3. The van der Waals surface area contributed by atoms with Gasteiger partial charge in [-0.2, -0.15) is 0 Å². The first kappa shape index (κ1) is 15.2. The Kier molecular flexibility index (Phi) is 4.60. The Hall–Kier alpha value is -1.20. The summed E-state index contributed by atoms with van der Waals surface area (Å²) < 4.78 is 40.2. The molecule has 1 nitrogen and oxygen atoms in total. The Balaban J connectivity index is 2.25. The minimum absolute atomic E-state index is 0.0152. The van der Waals surface area contributed by atoms with Gasteiger partial charge in [-0.05, 0) is 46.6 Å². The average molecular weight is 365 g/mol. The largest absolute Gasteiger partial charge is 0.376 e. The molecule has 6 heteroatoms. The van der Waals surface area contributed by atoms with E-state index in [1.807, 2.05) is 0 Å². The van der Waals surface area contributed by atoms with Gasteiger partial charge in [-0.15, -0.1) is 0 Å². The number of benzene rings is 2. The summed E-state index contributed by atoms with van der Waals surface area (Å²) in [5.74, 6) is -1.68. The summed E-state index contributed by atoms with van der Waals surface area (Å²) in [6.45, 7) is 1.74. The monoisotopic (exact) mass is 363 g/mol. The van der Waals surface area contributed by atoms with E-state index in [0.29, 0.717) is 5.56 Å². The zero-order chi connectivity index (χ0) is 14.9. The Labute approximate surface area is 127 Å². The van der Waals surface area contributed by atoms with Crippen LogP contribution in [0.3, 0.4) is 0 Å². The summed E-state index contributed by atoms with van der Waals surface area (Å²) >= 11 is 8.60. The van der Waals surface area contributed by atoms with Crippen LogP contribution in [0.5, 0.6) is 0 Å². The van der Waals surface area contributed by atoms with Crippen LogP contribution in [0.4, 0.5) is 18.9 Å². The predicted molar refractivity (Wildman–Crippen MR) is 77.5 cm³/mol. The van der Waals surface area contributed by atoms with Crippen LogP contribution in [-0.4, -0.2) is 0 Å². The molecule has 1 N–H and O–H groups in total. The van der Waals surface area contributed by atoms with E-state index < -0.39 is 17.5 Å². The Morgan fingerprint density at radius 1 is 1.05 bits per heavy atom. The summed E-state index contributed by atoms with van der Waals surface area (Å²) in [6.07, 6.45) is 0. The molecule has 0 saturated heterocycles. The van der Waals surface area contributed by atoms with Gasteiger partial charge in [0, 0.05) is 12.1 Å². The third-order valence-electron chi connectivity index (χ3n) is 2.83. The molecule has 106 valence electrons. The zero-order valence-electron chi connectivity index (χ0n) is 10.4. The molecule has 0 amide bonds. The van der Waals surface area contributed by atoms with Gasteiger partial charge in [0.1, 0.15) is 17.5 Å². The highest BCUT2D eigenvalue weighted by molar-refractivity contribution is 9.10. The molecule has 0 spiro atoms. The molecule has 0 saturated carbocycles. The molecule has 0 aromatic heterocycles. The first-order valence-corrected chi connectivity index (χ1v) is 6.91. The van der Waals surface area contributed by atoms with Crippen molar-refractivity contribution in [3.63, 3.8) is 0 Å². The molecule has 0 aliphatic rings. The molecule has 0 aliphatic heterocycles. The Morgan fingerprint density at radius 3 is 2.40 bits per heavy atom. The zero-order valence-corrected chi connectivity index (χ0v) is 12.7. The van der Waals surface area contributed by atoms with E-state index in [4.69, 9.17) is 11.6 Å². The van der Waals surface area contributed by atoms with Gasteiger partial charge >= 0.3 is 0 Å².